The third-order valence-corrected chi connectivity index (χ3v) is 17.3. The van der Waals surface area contributed by atoms with Gasteiger partial charge in [0.2, 0.25) is 0 Å². The first-order valence-electron chi connectivity index (χ1n) is 28.1. The van der Waals surface area contributed by atoms with E-state index < -0.39 is 0 Å². The van der Waals surface area contributed by atoms with Gasteiger partial charge in [-0.15, -0.1) is 0 Å². The number of nitrogens with zero attached hydrogens (tertiary/aromatic N) is 3. The van der Waals surface area contributed by atoms with E-state index in [1.165, 1.54) is 95.8 Å². The molecule has 2 heterocycles. The van der Waals surface area contributed by atoms with Crippen molar-refractivity contribution < 1.29 is 0 Å². The van der Waals surface area contributed by atoms with Gasteiger partial charge < -0.3 is 14.7 Å². The van der Waals surface area contributed by atoms with E-state index in [2.05, 4.69) is 295 Å². The molecule has 0 spiro atoms. The predicted octanol–water partition coefficient (Wildman–Crippen LogP) is 18.4. The molecule has 11 rings (SSSR count). The number of hydrogen-bond acceptors (Lipinski definition) is 3. The van der Waals surface area contributed by atoms with Gasteiger partial charge in [-0.1, -0.05) is 208 Å². The number of anilines is 9. The zero-order valence-electron chi connectivity index (χ0n) is 48.5. The Morgan fingerprint density at radius 3 is 1.32 bits per heavy atom. The van der Waals surface area contributed by atoms with E-state index >= 15 is 0 Å². The van der Waals surface area contributed by atoms with Crippen LogP contribution in [0.15, 0.2) is 170 Å². The summed E-state index contributed by atoms with van der Waals surface area (Å²) in [5, 5.41) is 0. The van der Waals surface area contributed by atoms with Crippen LogP contribution in [0.25, 0.3) is 11.1 Å². The highest BCUT2D eigenvalue weighted by molar-refractivity contribution is 7.00. The van der Waals surface area contributed by atoms with Crippen LogP contribution in [0.4, 0.5) is 51.2 Å². The summed E-state index contributed by atoms with van der Waals surface area (Å²) in [4.78, 5) is 7.72. The van der Waals surface area contributed by atoms with E-state index in [-0.39, 0.29) is 39.2 Å². The van der Waals surface area contributed by atoms with Crippen molar-refractivity contribution in [3.63, 3.8) is 0 Å². The molecular formula is C72H80BN3. The first-order chi connectivity index (χ1) is 35.7. The minimum Gasteiger partial charge on any atom is -0.311 e. The van der Waals surface area contributed by atoms with Crippen molar-refractivity contribution in [3.05, 3.63) is 203 Å². The molecule has 0 radical (unpaired) electrons. The molecule has 8 aromatic carbocycles. The summed E-state index contributed by atoms with van der Waals surface area (Å²) in [6.45, 7) is 37.9. The zero-order valence-corrected chi connectivity index (χ0v) is 48.5. The monoisotopic (exact) mass is 998 g/mol. The van der Waals surface area contributed by atoms with Crippen LogP contribution in [0.1, 0.15) is 157 Å². The lowest BCUT2D eigenvalue weighted by Gasteiger charge is -2.46. The maximum atomic E-state index is 2.67. The molecule has 3 aliphatic rings. The van der Waals surface area contributed by atoms with Gasteiger partial charge in [-0.2, -0.15) is 0 Å². The third-order valence-electron chi connectivity index (χ3n) is 17.3. The van der Waals surface area contributed by atoms with Crippen molar-refractivity contribution >= 4 is 74.3 Å². The fourth-order valence-electron chi connectivity index (χ4n) is 12.5. The van der Waals surface area contributed by atoms with Crippen molar-refractivity contribution in [1.29, 1.82) is 0 Å². The topological polar surface area (TPSA) is 9.72 Å². The lowest BCUT2D eigenvalue weighted by atomic mass is 9.33. The van der Waals surface area contributed by atoms with Crippen LogP contribution in [0.3, 0.4) is 0 Å². The van der Waals surface area contributed by atoms with Gasteiger partial charge in [0.05, 0.1) is 11.4 Å². The van der Waals surface area contributed by atoms with Gasteiger partial charge in [-0.05, 0) is 173 Å². The molecule has 0 bridgehead atoms. The molecule has 0 N–H and O–H groups in total. The normalized spacial score (nSPS) is 15.7. The van der Waals surface area contributed by atoms with Crippen molar-refractivity contribution in [2.24, 2.45) is 0 Å². The van der Waals surface area contributed by atoms with E-state index in [0.717, 1.165) is 29.2 Å². The molecule has 0 saturated heterocycles. The molecule has 1 aliphatic carbocycles. The molecule has 0 amide bonds. The fraction of sp³-hybridized carbons (Fsp3) is 0.333. The smallest absolute Gasteiger partial charge is 0.252 e. The Balaban J connectivity index is 1.30. The lowest BCUT2D eigenvalue weighted by Crippen LogP contribution is -2.61. The van der Waals surface area contributed by atoms with Gasteiger partial charge >= 0.3 is 0 Å². The first kappa shape index (κ1) is 51.3. The van der Waals surface area contributed by atoms with Crippen molar-refractivity contribution in [2.75, 3.05) is 14.7 Å². The van der Waals surface area contributed by atoms with Gasteiger partial charge in [0.1, 0.15) is 0 Å². The maximum absolute atomic E-state index is 2.67. The van der Waals surface area contributed by atoms with Crippen LogP contribution < -0.4 is 31.1 Å². The zero-order chi connectivity index (χ0) is 54.1. The van der Waals surface area contributed by atoms with E-state index in [9.17, 15) is 0 Å². The average Bonchev–Trinajstić information content (AvgIpc) is 3.40. The second-order valence-electron chi connectivity index (χ2n) is 27.9. The van der Waals surface area contributed by atoms with Crippen LogP contribution >= 0.6 is 0 Å². The number of hydrogen-bond donors (Lipinski definition) is 0. The highest BCUT2D eigenvalue weighted by atomic mass is 15.2. The van der Waals surface area contributed by atoms with E-state index in [1.807, 2.05) is 0 Å². The summed E-state index contributed by atoms with van der Waals surface area (Å²) in [5.74, 6) is 0. The van der Waals surface area contributed by atoms with Gasteiger partial charge in [-0.3, -0.25) is 0 Å². The molecule has 0 unspecified atom stereocenters. The number of para-hydroxylation sites is 2. The molecule has 3 nitrogen and oxygen atoms in total. The Kier molecular flexibility index (Phi) is 12.1. The quantitative estimate of drug-likeness (QED) is 0.154. The van der Waals surface area contributed by atoms with Crippen molar-refractivity contribution in [1.82, 2.24) is 0 Å². The predicted molar refractivity (Wildman–Crippen MR) is 331 cm³/mol. The van der Waals surface area contributed by atoms with Gasteiger partial charge in [0, 0.05) is 45.4 Å². The van der Waals surface area contributed by atoms with Crippen molar-refractivity contribution in [2.45, 2.75) is 156 Å². The number of rotatable bonds is 6. The Hall–Kier alpha value is -6.78. The molecule has 0 fully saturated rings. The molecule has 76 heavy (non-hydrogen) atoms. The average molecular weight is 998 g/mol. The summed E-state index contributed by atoms with van der Waals surface area (Å²) < 4.78 is 0. The van der Waals surface area contributed by atoms with E-state index in [0.29, 0.717) is 0 Å². The summed E-state index contributed by atoms with van der Waals surface area (Å²) in [6.07, 6.45) is 2.34. The van der Waals surface area contributed by atoms with Gasteiger partial charge in [0.25, 0.3) is 6.71 Å². The van der Waals surface area contributed by atoms with Crippen molar-refractivity contribution in [3.8, 4) is 11.1 Å². The van der Waals surface area contributed by atoms with Gasteiger partial charge in [0.15, 0.2) is 0 Å². The summed E-state index contributed by atoms with van der Waals surface area (Å²) in [6, 6.07) is 66.0. The molecular weight excluding hydrogens is 918 g/mol. The minimum absolute atomic E-state index is 0.00915. The second-order valence-corrected chi connectivity index (χ2v) is 27.9. The largest absolute Gasteiger partial charge is 0.311 e. The number of fused-ring (bicyclic) bond motifs is 5. The third kappa shape index (κ3) is 8.88. The summed E-state index contributed by atoms with van der Waals surface area (Å²) >= 11 is 0. The minimum atomic E-state index is -0.0759. The molecule has 8 aromatic rings. The molecule has 0 aromatic heterocycles. The van der Waals surface area contributed by atoms with Crippen LogP contribution in [0, 0.1) is 0 Å². The standard InChI is InChI=1S/C72H80BN3/c1-67(2,3)48-28-33-54(34-29-48)75-62-37-31-50(69(7,8)9)43-59(62)73-60-44-51(70(10,11)12)32-38-63(60)76(65-46-55(45-64(75)66(65)73)74(52-23-19-17-20-24-52)53-25-21-18-22-26-53)61-36-30-49(68(4,5)6)42-56(61)47-27-35-57-58(41-47)72(15,16)40-39-71(57,13)14/h17-38,41-46H,39-40H2,1-16H3. The summed E-state index contributed by atoms with van der Waals surface area (Å²) in [7, 11) is 0. The first-order valence-corrected chi connectivity index (χ1v) is 28.1. The van der Waals surface area contributed by atoms with E-state index in [4.69, 9.17) is 0 Å². The Morgan fingerprint density at radius 1 is 0.382 bits per heavy atom. The molecule has 0 atom stereocenters. The second kappa shape index (κ2) is 17.9. The molecule has 4 heteroatoms. The van der Waals surface area contributed by atoms with Crippen LogP contribution in [0.5, 0.6) is 0 Å². The molecule has 0 saturated carbocycles. The van der Waals surface area contributed by atoms with Crippen LogP contribution in [0.2, 0.25) is 0 Å². The Morgan fingerprint density at radius 2 is 0.816 bits per heavy atom. The molecule has 386 valence electrons. The fourth-order valence-corrected chi connectivity index (χ4v) is 12.5. The molecule has 2 aliphatic heterocycles. The SMILES string of the molecule is CC(C)(C)c1ccc(N2c3ccc(C(C)(C)C)cc3B3c4cc(C(C)(C)C)ccc4N(c4ccc(C(C)(C)C)cc4-c4ccc5c(c4)C(C)(C)CCC5(C)C)c4cc(N(c5ccccc5)c5ccccc5)cc2c43)cc1. The van der Waals surface area contributed by atoms with E-state index in [1.54, 1.807) is 0 Å². The Bertz CT molecular complexity index is 3480. The van der Waals surface area contributed by atoms with Crippen LogP contribution in [-0.4, -0.2) is 6.71 Å². The maximum Gasteiger partial charge on any atom is 0.252 e. The van der Waals surface area contributed by atoms with Crippen LogP contribution in [-0.2, 0) is 32.5 Å². The highest BCUT2D eigenvalue weighted by Gasteiger charge is 2.46. The lowest BCUT2D eigenvalue weighted by molar-refractivity contribution is 0.332. The highest BCUT2D eigenvalue weighted by Crippen LogP contribution is 2.53. The Labute approximate surface area is 457 Å². The summed E-state index contributed by atoms with van der Waals surface area (Å²) in [5.41, 5.74) is 25.2. The number of benzene rings is 8. The van der Waals surface area contributed by atoms with Gasteiger partial charge in [-0.25, -0.2) is 0 Å².